The number of hydrogen-bond donors (Lipinski definition) is 0. The van der Waals surface area contributed by atoms with E-state index < -0.39 is 17.0 Å². The number of thiazole rings is 1. The second kappa shape index (κ2) is 7.24. The van der Waals surface area contributed by atoms with Crippen LogP contribution in [-0.2, 0) is 5.41 Å². The van der Waals surface area contributed by atoms with Gasteiger partial charge in [0.05, 0.1) is 22.5 Å². The van der Waals surface area contributed by atoms with Gasteiger partial charge in [0.1, 0.15) is 16.6 Å². The summed E-state index contributed by atoms with van der Waals surface area (Å²) in [6, 6.07) is 19.0. The molecule has 0 spiro atoms. The topological polar surface area (TPSA) is 25.8 Å². The lowest BCUT2D eigenvalue weighted by atomic mass is 9.85. The van der Waals surface area contributed by atoms with Crippen molar-refractivity contribution in [2.75, 3.05) is 0 Å². The van der Waals surface area contributed by atoms with Crippen LogP contribution in [-0.4, -0.2) is 9.97 Å². The summed E-state index contributed by atoms with van der Waals surface area (Å²) in [4.78, 5) is 9.48. The van der Waals surface area contributed by atoms with Crippen molar-refractivity contribution in [2.24, 2.45) is 0 Å². The number of aromatic nitrogens is 2. The van der Waals surface area contributed by atoms with Crippen molar-refractivity contribution in [2.45, 2.75) is 19.3 Å². The Morgan fingerprint density at radius 2 is 1.61 bits per heavy atom. The van der Waals surface area contributed by atoms with E-state index in [-0.39, 0.29) is 5.56 Å². The van der Waals surface area contributed by atoms with E-state index in [0.717, 1.165) is 28.0 Å². The molecule has 140 valence electrons. The third kappa shape index (κ3) is 3.45. The molecule has 0 atom stereocenters. The molecule has 2 nitrogen and oxygen atoms in total. The summed E-state index contributed by atoms with van der Waals surface area (Å²) >= 11 is 1.59. The number of halogens is 2. The number of benzene rings is 2. The van der Waals surface area contributed by atoms with Crippen molar-refractivity contribution < 1.29 is 8.78 Å². The van der Waals surface area contributed by atoms with E-state index in [0.29, 0.717) is 5.69 Å². The SMILES string of the molecule is CC(C)(c1cccc(-c2ccc(F)cc2F)n1)c1csc(-c2ccccc2)n1. The summed E-state index contributed by atoms with van der Waals surface area (Å²) in [7, 11) is 0. The van der Waals surface area contributed by atoms with Crippen LogP contribution in [0, 0.1) is 11.6 Å². The summed E-state index contributed by atoms with van der Waals surface area (Å²) in [6.45, 7) is 4.09. The summed E-state index contributed by atoms with van der Waals surface area (Å²) in [5.74, 6) is -1.23. The van der Waals surface area contributed by atoms with Gasteiger partial charge in [0.15, 0.2) is 0 Å². The summed E-state index contributed by atoms with van der Waals surface area (Å²) in [5.41, 5.74) is 3.04. The molecule has 0 amide bonds. The van der Waals surface area contributed by atoms with Gasteiger partial charge in [-0.25, -0.2) is 13.8 Å². The Morgan fingerprint density at radius 1 is 0.821 bits per heavy atom. The Morgan fingerprint density at radius 3 is 2.36 bits per heavy atom. The Labute approximate surface area is 166 Å². The first-order valence-electron chi connectivity index (χ1n) is 8.89. The van der Waals surface area contributed by atoms with E-state index in [2.05, 4.69) is 4.98 Å². The standard InChI is InChI=1S/C23H18F2N2S/c1-23(2,21-14-28-22(27-21)15-7-4-3-5-8-15)20-10-6-9-19(26-20)17-12-11-16(24)13-18(17)25/h3-14H,1-2H3. The Bertz CT molecular complexity index is 1120. The average molecular weight is 392 g/mol. The normalized spacial score (nSPS) is 11.6. The molecule has 0 unspecified atom stereocenters. The predicted molar refractivity (Wildman–Crippen MR) is 109 cm³/mol. The lowest BCUT2D eigenvalue weighted by Gasteiger charge is -2.22. The monoisotopic (exact) mass is 392 g/mol. The molecule has 4 rings (SSSR count). The van der Waals surface area contributed by atoms with Crippen molar-refractivity contribution in [3.05, 3.63) is 95.1 Å². The molecule has 28 heavy (non-hydrogen) atoms. The van der Waals surface area contributed by atoms with Gasteiger partial charge in [-0.15, -0.1) is 11.3 Å². The van der Waals surface area contributed by atoms with Crippen LogP contribution in [0.2, 0.25) is 0 Å². The van der Waals surface area contributed by atoms with Gasteiger partial charge in [0.2, 0.25) is 0 Å². The maximum absolute atomic E-state index is 14.2. The number of pyridine rings is 1. The van der Waals surface area contributed by atoms with Gasteiger partial charge >= 0.3 is 0 Å². The highest BCUT2D eigenvalue weighted by molar-refractivity contribution is 7.13. The van der Waals surface area contributed by atoms with E-state index in [4.69, 9.17) is 4.98 Å². The van der Waals surface area contributed by atoms with Gasteiger partial charge < -0.3 is 0 Å². The van der Waals surface area contributed by atoms with Crippen LogP contribution >= 0.6 is 11.3 Å². The molecular formula is C23H18F2N2S. The van der Waals surface area contributed by atoms with Crippen molar-refractivity contribution in [1.82, 2.24) is 9.97 Å². The molecule has 2 heterocycles. The molecule has 0 saturated heterocycles. The first-order chi connectivity index (χ1) is 13.4. The lowest BCUT2D eigenvalue weighted by molar-refractivity contribution is 0.583. The lowest BCUT2D eigenvalue weighted by Crippen LogP contribution is -2.21. The zero-order valence-corrected chi connectivity index (χ0v) is 16.3. The van der Waals surface area contributed by atoms with Crippen molar-refractivity contribution in [1.29, 1.82) is 0 Å². The number of hydrogen-bond acceptors (Lipinski definition) is 3. The van der Waals surface area contributed by atoms with Gasteiger partial charge in [0.25, 0.3) is 0 Å². The summed E-state index contributed by atoms with van der Waals surface area (Å²) in [6.07, 6.45) is 0. The van der Waals surface area contributed by atoms with Crippen molar-refractivity contribution in [3.8, 4) is 21.8 Å². The van der Waals surface area contributed by atoms with Crippen LogP contribution < -0.4 is 0 Å². The number of rotatable bonds is 4. The van der Waals surface area contributed by atoms with Gasteiger partial charge in [0, 0.05) is 22.6 Å². The molecule has 4 aromatic rings. The molecule has 0 N–H and O–H groups in total. The average Bonchev–Trinajstić information content (AvgIpc) is 3.20. The largest absolute Gasteiger partial charge is 0.252 e. The van der Waals surface area contributed by atoms with E-state index >= 15 is 0 Å². The third-order valence-corrected chi connectivity index (χ3v) is 5.65. The molecular weight excluding hydrogens is 374 g/mol. The molecule has 2 aromatic heterocycles. The smallest absolute Gasteiger partial charge is 0.135 e. The Kier molecular flexibility index (Phi) is 4.77. The molecule has 0 saturated carbocycles. The van der Waals surface area contributed by atoms with Crippen LogP contribution in [0.4, 0.5) is 8.78 Å². The molecule has 0 aliphatic rings. The predicted octanol–water partition coefficient (Wildman–Crippen LogP) is 6.48. The minimum absolute atomic E-state index is 0.280. The zero-order valence-electron chi connectivity index (χ0n) is 15.5. The maximum atomic E-state index is 14.2. The molecule has 5 heteroatoms. The fourth-order valence-corrected chi connectivity index (χ4v) is 4.03. The zero-order chi connectivity index (χ0) is 19.7. The second-order valence-corrected chi connectivity index (χ2v) is 7.92. The van der Waals surface area contributed by atoms with E-state index in [1.807, 2.05) is 61.7 Å². The van der Waals surface area contributed by atoms with Gasteiger partial charge in [-0.3, -0.25) is 4.98 Å². The fraction of sp³-hybridized carbons (Fsp3) is 0.130. The molecule has 0 bridgehead atoms. The van der Waals surface area contributed by atoms with Crippen LogP contribution in [0.1, 0.15) is 25.2 Å². The third-order valence-electron chi connectivity index (χ3n) is 4.76. The van der Waals surface area contributed by atoms with Gasteiger partial charge in [-0.2, -0.15) is 0 Å². The van der Waals surface area contributed by atoms with Crippen LogP contribution in [0.15, 0.2) is 72.1 Å². The number of nitrogens with zero attached hydrogens (tertiary/aromatic N) is 2. The molecule has 0 radical (unpaired) electrons. The highest BCUT2D eigenvalue weighted by Crippen LogP contribution is 2.35. The van der Waals surface area contributed by atoms with E-state index in [1.165, 1.54) is 12.1 Å². The maximum Gasteiger partial charge on any atom is 0.135 e. The Balaban J connectivity index is 1.71. The molecule has 2 aromatic carbocycles. The highest BCUT2D eigenvalue weighted by atomic mass is 32.1. The minimum atomic E-state index is -0.623. The van der Waals surface area contributed by atoms with Crippen LogP contribution in [0.3, 0.4) is 0 Å². The van der Waals surface area contributed by atoms with Crippen LogP contribution in [0.5, 0.6) is 0 Å². The fourth-order valence-electron chi connectivity index (χ4n) is 3.04. The van der Waals surface area contributed by atoms with Crippen LogP contribution in [0.25, 0.3) is 21.8 Å². The molecule has 0 aliphatic carbocycles. The van der Waals surface area contributed by atoms with Gasteiger partial charge in [-0.1, -0.05) is 36.4 Å². The first-order valence-corrected chi connectivity index (χ1v) is 9.77. The highest BCUT2D eigenvalue weighted by Gasteiger charge is 2.28. The summed E-state index contributed by atoms with van der Waals surface area (Å²) in [5, 5.41) is 2.99. The second-order valence-electron chi connectivity index (χ2n) is 7.06. The first kappa shape index (κ1) is 18.4. The Hall–Kier alpha value is -2.92. The quantitative estimate of drug-likeness (QED) is 0.397. The van der Waals surface area contributed by atoms with E-state index in [1.54, 1.807) is 17.4 Å². The van der Waals surface area contributed by atoms with E-state index in [9.17, 15) is 8.78 Å². The molecule has 0 aliphatic heterocycles. The van der Waals surface area contributed by atoms with Crippen molar-refractivity contribution >= 4 is 11.3 Å². The van der Waals surface area contributed by atoms with Gasteiger partial charge in [-0.05, 0) is 38.1 Å². The minimum Gasteiger partial charge on any atom is -0.252 e. The summed E-state index contributed by atoms with van der Waals surface area (Å²) < 4.78 is 27.4. The van der Waals surface area contributed by atoms with Crippen molar-refractivity contribution in [3.63, 3.8) is 0 Å². The molecule has 0 fully saturated rings.